The molecule has 3 heterocycles. The second kappa shape index (κ2) is 11.2. The number of rotatable bonds is 6. The quantitative estimate of drug-likeness (QED) is 0.447. The molecule has 2 unspecified atom stereocenters. The van der Waals surface area contributed by atoms with Gasteiger partial charge in [0.05, 0.1) is 42.1 Å². The Kier molecular flexibility index (Phi) is 7.55. The molecule has 0 spiro atoms. The number of amides is 2. The van der Waals surface area contributed by atoms with Crippen LogP contribution in [0.3, 0.4) is 0 Å². The molecule has 2 amide bonds. The van der Waals surface area contributed by atoms with E-state index >= 15 is 0 Å². The Balaban J connectivity index is 1.43. The average molecular weight is 591 g/mol. The van der Waals surface area contributed by atoms with E-state index in [-0.39, 0.29) is 18.2 Å². The number of halogens is 1. The number of aliphatic hydroxyl groups is 1. The molecule has 220 valence electrons. The van der Waals surface area contributed by atoms with Gasteiger partial charge in [-0.25, -0.2) is 9.78 Å². The molecule has 10 nitrogen and oxygen atoms in total. The molecule has 6 rings (SSSR count). The normalized spacial score (nSPS) is 20.2. The largest absolute Gasteiger partial charge is 0.447 e. The predicted molar refractivity (Wildman–Crippen MR) is 158 cm³/mol. The van der Waals surface area contributed by atoms with Crippen molar-refractivity contribution in [3.63, 3.8) is 0 Å². The standard InChI is InChI=1S/C31H35ClN6O4/c1-19(2)42-30(40)38-13-11-37(12-14-38)28-22-7-6-21(32)16-23(22)24(15-20-5-4-10-34-26(20)28)27(25-17-33-18-36(25)3)35-29(39)31(41)8-9-31/h4-7,10,15-19,27-28,41H,8-9,11-14H2,1-3H3,(H,35,39). The van der Waals surface area contributed by atoms with Crippen LogP contribution in [-0.2, 0) is 16.6 Å². The number of ether oxygens (including phenoxy) is 1. The van der Waals surface area contributed by atoms with Crippen molar-refractivity contribution in [1.29, 1.82) is 0 Å². The number of carbonyl (C=O) groups is 2. The lowest BCUT2D eigenvalue weighted by molar-refractivity contribution is -0.131. The Hall–Kier alpha value is -3.73. The fourth-order valence-electron chi connectivity index (χ4n) is 5.80. The molecule has 1 saturated carbocycles. The number of piperazine rings is 1. The van der Waals surface area contributed by atoms with E-state index in [1.807, 2.05) is 55.8 Å². The van der Waals surface area contributed by atoms with E-state index in [4.69, 9.17) is 21.3 Å². The van der Waals surface area contributed by atoms with Crippen LogP contribution in [0.2, 0.25) is 5.02 Å². The molecule has 2 atom stereocenters. The van der Waals surface area contributed by atoms with Crippen molar-refractivity contribution >= 4 is 35.3 Å². The van der Waals surface area contributed by atoms with Gasteiger partial charge in [0.1, 0.15) is 5.60 Å². The summed E-state index contributed by atoms with van der Waals surface area (Å²) >= 11 is 6.63. The van der Waals surface area contributed by atoms with E-state index in [2.05, 4.69) is 21.3 Å². The van der Waals surface area contributed by atoms with Crippen molar-refractivity contribution in [2.75, 3.05) is 26.2 Å². The first-order chi connectivity index (χ1) is 20.1. The first kappa shape index (κ1) is 28.4. The highest BCUT2D eigenvalue weighted by atomic mass is 35.5. The topological polar surface area (TPSA) is 113 Å². The Bertz CT molecular complexity index is 1540. The van der Waals surface area contributed by atoms with E-state index in [1.54, 1.807) is 23.6 Å². The van der Waals surface area contributed by atoms with Crippen molar-refractivity contribution < 1.29 is 19.4 Å². The maximum absolute atomic E-state index is 13.3. The lowest BCUT2D eigenvalue weighted by atomic mass is 9.89. The summed E-state index contributed by atoms with van der Waals surface area (Å²) < 4.78 is 7.31. The number of hydrogen-bond donors (Lipinski definition) is 2. The third kappa shape index (κ3) is 5.42. The second-order valence-corrected chi connectivity index (χ2v) is 12.0. The van der Waals surface area contributed by atoms with Crippen LogP contribution in [0, 0.1) is 0 Å². The van der Waals surface area contributed by atoms with Gasteiger partial charge in [-0.05, 0) is 73.2 Å². The maximum atomic E-state index is 13.3. The van der Waals surface area contributed by atoms with Gasteiger partial charge in [-0.3, -0.25) is 14.7 Å². The number of benzene rings is 1. The number of carbonyl (C=O) groups excluding carboxylic acids is 2. The summed E-state index contributed by atoms with van der Waals surface area (Å²) in [6, 6.07) is 8.92. The van der Waals surface area contributed by atoms with Crippen LogP contribution < -0.4 is 5.32 Å². The van der Waals surface area contributed by atoms with Crippen molar-refractivity contribution in [3.05, 3.63) is 82.2 Å². The smallest absolute Gasteiger partial charge is 0.410 e. The van der Waals surface area contributed by atoms with Crippen molar-refractivity contribution in [1.82, 2.24) is 29.7 Å². The van der Waals surface area contributed by atoms with E-state index in [9.17, 15) is 14.7 Å². The molecule has 1 aromatic carbocycles. The predicted octanol–water partition coefficient (Wildman–Crippen LogP) is 3.96. The molecule has 3 aromatic rings. The van der Waals surface area contributed by atoms with Crippen LogP contribution in [-0.4, -0.2) is 79.3 Å². The monoisotopic (exact) mass is 590 g/mol. The zero-order valence-corrected chi connectivity index (χ0v) is 24.7. The van der Waals surface area contributed by atoms with Crippen LogP contribution >= 0.6 is 11.6 Å². The number of aromatic nitrogens is 3. The van der Waals surface area contributed by atoms with Gasteiger partial charge in [0.2, 0.25) is 0 Å². The maximum Gasteiger partial charge on any atom is 0.410 e. The first-order valence-corrected chi connectivity index (χ1v) is 14.7. The van der Waals surface area contributed by atoms with Crippen molar-refractivity contribution in [2.24, 2.45) is 7.05 Å². The minimum atomic E-state index is -1.35. The Morgan fingerprint density at radius 3 is 2.60 bits per heavy atom. The summed E-state index contributed by atoms with van der Waals surface area (Å²) in [5, 5.41) is 14.3. The van der Waals surface area contributed by atoms with Crippen molar-refractivity contribution in [2.45, 2.75) is 50.5 Å². The minimum absolute atomic E-state index is 0.178. The van der Waals surface area contributed by atoms with Crippen LogP contribution in [0.25, 0.3) is 11.6 Å². The first-order valence-electron chi connectivity index (χ1n) is 14.3. The van der Waals surface area contributed by atoms with E-state index in [1.165, 1.54) is 0 Å². The molecule has 2 aliphatic carbocycles. The number of fused-ring (bicyclic) bond motifs is 2. The Labute approximate surface area is 250 Å². The highest BCUT2D eigenvalue weighted by Gasteiger charge is 2.49. The molecular formula is C31H35ClN6O4. The average Bonchev–Trinajstić information content (AvgIpc) is 3.62. The second-order valence-electron chi connectivity index (χ2n) is 11.5. The van der Waals surface area contributed by atoms with Crippen LogP contribution in [0.15, 0.2) is 49.1 Å². The summed E-state index contributed by atoms with van der Waals surface area (Å²) in [5.41, 5.74) is 3.91. The molecular weight excluding hydrogens is 556 g/mol. The highest BCUT2D eigenvalue weighted by Crippen LogP contribution is 2.45. The molecule has 1 saturated heterocycles. The van der Waals surface area contributed by atoms with Gasteiger partial charge in [0, 0.05) is 44.4 Å². The Morgan fingerprint density at radius 2 is 1.93 bits per heavy atom. The number of aryl methyl sites for hydroxylation is 1. The van der Waals surface area contributed by atoms with Crippen molar-refractivity contribution in [3.8, 4) is 0 Å². The van der Waals surface area contributed by atoms with Crippen LogP contribution in [0.4, 0.5) is 4.79 Å². The van der Waals surface area contributed by atoms with E-state index in [0.717, 1.165) is 33.7 Å². The van der Waals surface area contributed by atoms with Gasteiger partial charge >= 0.3 is 6.09 Å². The number of nitrogens with zero attached hydrogens (tertiary/aromatic N) is 5. The summed E-state index contributed by atoms with van der Waals surface area (Å²) in [6.07, 6.45) is 7.67. The number of pyridine rings is 1. The van der Waals surface area contributed by atoms with Gasteiger partial charge in [0.15, 0.2) is 0 Å². The number of hydrogen-bond acceptors (Lipinski definition) is 7. The fourth-order valence-corrected chi connectivity index (χ4v) is 5.98. The van der Waals surface area contributed by atoms with Crippen LogP contribution in [0.5, 0.6) is 0 Å². The lowest BCUT2D eigenvalue weighted by Crippen LogP contribution is -2.50. The molecule has 2 fully saturated rings. The third-order valence-electron chi connectivity index (χ3n) is 8.22. The summed E-state index contributed by atoms with van der Waals surface area (Å²) in [4.78, 5) is 39.1. The fraction of sp³-hybridized carbons (Fsp3) is 0.419. The molecule has 11 heteroatoms. The summed E-state index contributed by atoms with van der Waals surface area (Å²) in [6.45, 7) is 6.00. The Morgan fingerprint density at radius 1 is 1.17 bits per heavy atom. The van der Waals surface area contributed by atoms with E-state index in [0.29, 0.717) is 44.0 Å². The van der Waals surface area contributed by atoms with Gasteiger partial charge in [0.25, 0.3) is 5.91 Å². The van der Waals surface area contributed by atoms with Gasteiger partial charge in [-0.2, -0.15) is 0 Å². The zero-order valence-electron chi connectivity index (χ0n) is 24.0. The number of imidazole rings is 1. The SMILES string of the molecule is CC(C)OC(=O)N1CCN(C2c3ccc(Cl)cc3C(C(NC(=O)C3(O)CC3)c3cncn3C)=Cc3cccnc32)CC1. The molecule has 1 aliphatic heterocycles. The molecule has 0 bridgehead atoms. The molecule has 3 aliphatic rings. The molecule has 2 aromatic heterocycles. The summed E-state index contributed by atoms with van der Waals surface area (Å²) in [5.74, 6) is -0.408. The van der Waals surface area contributed by atoms with Gasteiger partial charge in [-0.15, -0.1) is 0 Å². The summed E-state index contributed by atoms with van der Waals surface area (Å²) in [7, 11) is 1.88. The van der Waals surface area contributed by atoms with E-state index < -0.39 is 17.6 Å². The molecule has 2 N–H and O–H groups in total. The number of nitrogens with one attached hydrogen (secondary N) is 1. The van der Waals surface area contributed by atoms with Gasteiger partial charge in [-0.1, -0.05) is 23.7 Å². The van der Waals surface area contributed by atoms with Gasteiger partial charge < -0.3 is 24.6 Å². The third-order valence-corrected chi connectivity index (χ3v) is 8.45. The zero-order chi connectivity index (χ0) is 29.6. The minimum Gasteiger partial charge on any atom is -0.447 e. The molecule has 42 heavy (non-hydrogen) atoms. The van der Waals surface area contributed by atoms with Crippen LogP contribution in [0.1, 0.15) is 66.9 Å². The lowest BCUT2D eigenvalue weighted by Gasteiger charge is -2.39. The molecule has 0 radical (unpaired) electrons. The highest BCUT2D eigenvalue weighted by molar-refractivity contribution is 6.30.